The molecule has 100 valence electrons. The van der Waals surface area contributed by atoms with Gasteiger partial charge in [0, 0.05) is 13.0 Å². The van der Waals surface area contributed by atoms with Crippen molar-refractivity contribution in [1.82, 2.24) is 9.80 Å². The number of nitrogens with zero attached hydrogens (tertiary/aromatic N) is 2. The highest BCUT2D eigenvalue weighted by Gasteiger charge is 2.43. The third kappa shape index (κ3) is 5.50. The summed E-state index contributed by atoms with van der Waals surface area (Å²) in [5.41, 5.74) is 5.88. The number of hydrogen-bond donors (Lipinski definition) is 2. The molecule has 17 heavy (non-hydrogen) atoms. The molecule has 4 nitrogen and oxygen atoms in total. The van der Waals surface area contributed by atoms with Crippen LogP contribution in [0, 0.1) is 10.8 Å². The molecular weight excluding hydrogens is 212 g/mol. The zero-order valence-electron chi connectivity index (χ0n) is 11.6. The first-order valence-corrected chi connectivity index (χ1v) is 6.67. The van der Waals surface area contributed by atoms with Crippen molar-refractivity contribution in [2.24, 2.45) is 11.1 Å². The molecule has 0 aromatic rings. The van der Waals surface area contributed by atoms with Gasteiger partial charge in [-0.3, -0.25) is 5.41 Å². The van der Waals surface area contributed by atoms with Crippen LogP contribution >= 0.6 is 0 Å². The van der Waals surface area contributed by atoms with E-state index in [0.29, 0.717) is 11.3 Å². The number of nitrogens with two attached hydrogens (primary N) is 1. The van der Waals surface area contributed by atoms with E-state index in [0.717, 1.165) is 32.6 Å². The highest BCUT2D eigenvalue weighted by atomic mass is 15.1. The SMILES string of the molecule is CCN(CCCN(C)C)CC1(CC(=N)N)CC1. The van der Waals surface area contributed by atoms with Crippen LogP contribution in [-0.4, -0.2) is 55.9 Å². The van der Waals surface area contributed by atoms with Crippen LogP contribution in [0.3, 0.4) is 0 Å². The van der Waals surface area contributed by atoms with E-state index in [9.17, 15) is 0 Å². The summed E-state index contributed by atoms with van der Waals surface area (Å²) in [6.45, 7) is 6.76. The quantitative estimate of drug-likeness (QED) is 0.473. The van der Waals surface area contributed by atoms with Crippen LogP contribution in [-0.2, 0) is 0 Å². The van der Waals surface area contributed by atoms with E-state index in [1.54, 1.807) is 0 Å². The minimum absolute atomic E-state index is 0.347. The number of nitrogens with one attached hydrogen (secondary N) is 1. The Morgan fingerprint density at radius 1 is 1.29 bits per heavy atom. The van der Waals surface area contributed by atoms with Crippen LogP contribution < -0.4 is 5.73 Å². The van der Waals surface area contributed by atoms with Crippen LogP contribution in [0.5, 0.6) is 0 Å². The van der Waals surface area contributed by atoms with E-state index >= 15 is 0 Å². The molecule has 1 saturated carbocycles. The molecule has 1 aliphatic rings. The van der Waals surface area contributed by atoms with E-state index in [4.69, 9.17) is 11.1 Å². The smallest absolute Gasteiger partial charge is 0.0911 e. The molecule has 0 aliphatic heterocycles. The Hall–Kier alpha value is -0.610. The summed E-state index contributed by atoms with van der Waals surface area (Å²) < 4.78 is 0. The Bertz CT molecular complexity index is 246. The molecule has 0 atom stereocenters. The molecule has 0 aromatic carbocycles. The number of rotatable bonds is 9. The van der Waals surface area contributed by atoms with Gasteiger partial charge < -0.3 is 15.5 Å². The Morgan fingerprint density at radius 2 is 1.94 bits per heavy atom. The number of amidine groups is 1. The molecule has 0 saturated heterocycles. The Kier molecular flexibility index (Phi) is 5.40. The monoisotopic (exact) mass is 240 g/mol. The molecule has 0 spiro atoms. The van der Waals surface area contributed by atoms with Crippen LogP contribution in [0.2, 0.25) is 0 Å². The lowest BCUT2D eigenvalue weighted by Crippen LogP contribution is -2.34. The van der Waals surface area contributed by atoms with E-state index in [1.807, 2.05) is 0 Å². The molecule has 0 heterocycles. The van der Waals surface area contributed by atoms with Gasteiger partial charge in [-0.2, -0.15) is 0 Å². The van der Waals surface area contributed by atoms with Gasteiger partial charge in [0.25, 0.3) is 0 Å². The largest absolute Gasteiger partial charge is 0.388 e. The highest BCUT2D eigenvalue weighted by molar-refractivity contribution is 5.78. The van der Waals surface area contributed by atoms with E-state index in [2.05, 4.69) is 30.8 Å². The van der Waals surface area contributed by atoms with Crippen molar-refractivity contribution in [3.05, 3.63) is 0 Å². The van der Waals surface area contributed by atoms with Crippen LogP contribution in [0.1, 0.15) is 32.6 Å². The van der Waals surface area contributed by atoms with Gasteiger partial charge in [-0.05, 0) is 58.4 Å². The lowest BCUT2D eigenvalue weighted by Gasteiger charge is -2.26. The minimum Gasteiger partial charge on any atom is -0.388 e. The summed E-state index contributed by atoms with van der Waals surface area (Å²) in [4.78, 5) is 4.75. The number of hydrogen-bond acceptors (Lipinski definition) is 3. The molecule has 0 unspecified atom stereocenters. The molecular formula is C13H28N4. The summed E-state index contributed by atoms with van der Waals surface area (Å²) in [6.07, 6.45) is 4.50. The van der Waals surface area contributed by atoms with Gasteiger partial charge in [-0.25, -0.2) is 0 Å². The molecule has 1 aliphatic carbocycles. The van der Waals surface area contributed by atoms with Gasteiger partial charge in [0.15, 0.2) is 0 Å². The first kappa shape index (κ1) is 14.5. The molecule has 0 radical (unpaired) electrons. The maximum absolute atomic E-state index is 7.44. The molecule has 0 bridgehead atoms. The zero-order chi connectivity index (χ0) is 12.9. The fourth-order valence-corrected chi connectivity index (χ4v) is 2.41. The fraction of sp³-hybridized carbons (Fsp3) is 0.923. The third-order valence-electron chi connectivity index (χ3n) is 3.61. The summed E-state index contributed by atoms with van der Waals surface area (Å²) in [5.74, 6) is 0.354. The van der Waals surface area contributed by atoms with Crippen molar-refractivity contribution in [3.8, 4) is 0 Å². The summed E-state index contributed by atoms with van der Waals surface area (Å²) in [5, 5.41) is 7.44. The fourth-order valence-electron chi connectivity index (χ4n) is 2.41. The average molecular weight is 240 g/mol. The van der Waals surface area contributed by atoms with Gasteiger partial charge in [0.1, 0.15) is 0 Å². The van der Waals surface area contributed by atoms with Crippen molar-refractivity contribution >= 4 is 5.84 Å². The van der Waals surface area contributed by atoms with Gasteiger partial charge in [-0.15, -0.1) is 0 Å². The Labute approximate surface area is 106 Å². The zero-order valence-corrected chi connectivity index (χ0v) is 11.6. The van der Waals surface area contributed by atoms with Crippen LogP contribution in [0.25, 0.3) is 0 Å². The van der Waals surface area contributed by atoms with Crippen LogP contribution in [0.4, 0.5) is 0 Å². The van der Waals surface area contributed by atoms with Crippen molar-refractivity contribution in [3.63, 3.8) is 0 Å². The predicted molar refractivity (Wildman–Crippen MR) is 73.5 cm³/mol. The highest BCUT2D eigenvalue weighted by Crippen LogP contribution is 2.49. The Morgan fingerprint density at radius 3 is 2.35 bits per heavy atom. The normalized spacial score (nSPS) is 17.7. The topological polar surface area (TPSA) is 56.4 Å². The molecule has 3 N–H and O–H groups in total. The molecule has 0 amide bonds. The van der Waals surface area contributed by atoms with Crippen molar-refractivity contribution in [2.75, 3.05) is 40.3 Å². The van der Waals surface area contributed by atoms with Crippen molar-refractivity contribution in [2.45, 2.75) is 32.6 Å². The van der Waals surface area contributed by atoms with Crippen molar-refractivity contribution in [1.29, 1.82) is 5.41 Å². The van der Waals surface area contributed by atoms with Gasteiger partial charge >= 0.3 is 0 Å². The molecule has 1 rings (SSSR count). The van der Waals surface area contributed by atoms with Crippen molar-refractivity contribution < 1.29 is 0 Å². The maximum Gasteiger partial charge on any atom is 0.0911 e. The Balaban J connectivity index is 2.29. The predicted octanol–water partition coefficient (Wildman–Crippen LogP) is 1.37. The minimum atomic E-state index is 0.347. The van der Waals surface area contributed by atoms with Gasteiger partial charge in [0.2, 0.25) is 0 Å². The van der Waals surface area contributed by atoms with Gasteiger partial charge in [-0.1, -0.05) is 6.92 Å². The molecule has 1 fully saturated rings. The van der Waals surface area contributed by atoms with E-state index in [-0.39, 0.29) is 0 Å². The first-order valence-electron chi connectivity index (χ1n) is 6.67. The summed E-state index contributed by atoms with van der Waals surface area (Å²) in [7, 11) is 4.24. The second-order valence-corrected chi connectivity index (χ2v) is 5.73. The summed E-state index contributed by atoms with van der Waals surface area (Å²) >= 11 is 0. The summed E-state index contributed by atoms with van der Waals surface area (Å²) in [6, 6.07) is 0. The van der Waals surface area contributed by atoms with Crippen LogP contribution in [0.15, 0.2) is 0 Å². The molecule has 0 aromatic heterocycles. The third-order valence-corrected chi connectivity index (χ3v) is 3.61. The standard InChI is InChI=1S/C13H28N4/c1-4-17(9-5-8-16(2)3)11-13(6-7-13)10-12(14)15/h4-11H2,1-3H3,(H3,14,15). The van der Waals surface area contributed by atoms with E-state index < -0.39 is 0 Å². The second kappa shape index (κ2) is 6.36. The van der Waals surface area contributed by atoms with E-state index in [1.165, 1.54) is 19.3 Å². The lowest BCUT2D eigenvalue weighted by molar-refractivity contribution is 0.220. The van der Waals surface area contributed by atoms with Gasteiger partial charge in [0.05, 0.1) is 5.84 Å². The lowest BCUT2D eigenvalue weighted by atomic mass is 10.0. The molecule has 4 heteroatoms. The second-order valence-electron chi connectivity index (χ2n) is 5.73. The maximum atomic E-state index is 7.44. The first-order chi connectivity index (χ1) is 7.97. The average Bonchev–Trinajstić information content (AvgIpc) is 2.95.